The van der Waals surface area contributed by atoms with Crippen LogP contribution in [-0.4, -0.2) is 31.6 Å². The monoisotopic (exact) mass is 334 g/mol. The predicted molar refractivity (Wildman–Crippen MR) is 95.3 cm³/mol. The van der Waals surface area contributed by atoms with Gasteiger partial charge in [0.05, 0.1) is 12.6 Å². The van der Waals surface area contributed by atoms with Crippen LogP contribution in [0.2, 0.25) is 0 Å². The number of rotatable bonds is 5. The van der Waals surface area contributed by atoms with Gasteiger partial charge < -0.3 is 15.4 Å². The molecule has 1 unspecified atom stereocenters. The highest BCUT2D eigenvalue weighted by molar-refractivity contribution is 5.88. The average molecular weight is 335 g/mol. The molecule has 1 aliphatic rings. The molecule has 1 aliphatic heterocycles. The van der Waals surface area contributed by atoms with Crippen molar-refractivity contribution < 1.29 is 9.53 Å². The lowest BCUT2D eigenvalue weighted by Gasteiger charge is -2.22. The van der Waals surface area contributed by atoms with Crippen LogP contribution in [0.15, 0.2) is 42.5 Å². The van der Waals surface area contributed by atoms with Gasteiger partial charge in [0.15, 0.2) is 0 Å². The van der Waals surface area contributed by atoms with Gasteiger partial charge in [0.1, 0.15) is 12.4 Å². The summed E-state index contributed by atoms with van der Waals surface area (Å²) in [6.45, 7) is 1.94. The number of nitrogens with one attached hydrogen (secondary N) is 2. The van der Waals surface area contributed by atoms with E-state index in [0.29, 0.717) is 13.2 Å². The lowest BCUT2D eigenvalue weighted by Crippen LogP contribution is -2.47. The molecule has 0 saturated carbocycles. The Labute approximate surface area is 143 Å². The summed E-state index contributed by atoms with van der Waals surface area (Å²) in [5, 5.41) is 8.46. The molecule has 0 spiro atoms. The van der Waals surface area contributed by atoms with Crippen LogP contribution in [0.1, 0.15) is 19.3 Å². The molecule has 23 heavy (non-hydrogen) atoms. The minimum absolute atomic E-state index is 0. The van der Waals surface area contributed by atoms with Gasteiger partial charge in [-0.2, -0.15) is 0 Å². The second kappa shape index (κ2) is 8.75. The Bertz CT molecular complexity index is 636. The topological polar surface area (TPSA) is 50.4 Å². The zero-order valence-corrected chi connectivity index (χ0v) is 13.9. The summed E-state index contributed by atoms with van der Waals surface area (Å²) < 4.78 is 5.82. The Hall–Kier alpha value is -1.78. The van der Waals surface area contributed by atoms with Crippen molar-refractivity contribution in [2.75, 3.05) is 19.7 Å². The first-order valence-corrected chi connectivity index (χ1v) is 7.96. The number of carbonyl (C=O) groups is 1. The van der Waals surface area contributed by atoms with E-state index in [1.54, 1.807) is 0 Å². The number of amides is 1. The predicted octanol–water partition coefficient (Wildman–Crippen LogP) is 2.90. The molecule has 1 atom stereocenters. The molecule has 0 aliphatic carbocycles. The Morgan fingerprint density at radius 1 is 1.17 bits per heavy atom. The molecular formula is C18H23ClN2O2. The third kappa shape index (κ3) is 4.60. The molecule has 4 nitrogen and oxygen atoms in total. The third-order valence-corrected chi connectivity index (χ3v) is 4.04. The number of benzene rings is 2. The molecule has 0 aromatic heterocycles. The zero-order valence-electron chi connectivity index (χ0n) is 13.1. The first-order chi connectivity index (χ1) is 10.8. The average Bonchev–Trinajstić information content (AvgIpc) is 2.59. The summed E-state index contributed by atoms with van der Waals surface area (Å²) in [6, 6.07) is 14.1. The van der Waals surface area contributed by atoms with Gasteiger partial charge >= 0.3 is 0 Å². The van der Waals surface area contributed by atoms with Crippen LogP contribution >= 0.6 is 12.4 Å². The molecule has 0 radical (unpaired) electrons. The fraction of sp³-hybridized carbons (Fsp3) is 0.389. The molecule has 1 fully saturated rings. The number of hydrogen-bond donors (Lipinski definition) is 2. The Morgan fingerprint density at radius 2 is 2.00 bits per heavy atom. The maximum absolute atomic E-state index is 12.0. The number of piperidine rings is 1. The van der Waals surface area contributed by atoms with Gasteiger partial charge in [0, 0.05) is 5.39 Å². The largest absolute Gasteiger partial charge is 0.491 e. The van der Waals surface area contributed by atoms with Crippen LogP contribution in [0, 0.1) is 0 Å². The molecule has 5 heteroatoms. The van der Waals surface area contributed by atoms with Gasteiger partial charge in [-0.25, -0.2) is 0 Å². The Morgan fingerprint density at radius 3 is 2.83 bits per heavy atom. The van der Waals surface area contributed by atoms with Crippen LogP contribution < -0.4 is 15.4 Å². The summed E-state index contributed by atoms with van der Waals surface area (Å²) in [5.74, 6) is 0.948. The summed E-state index contributed by atoms with van der Waals surface area (Å²) in [6.07, 6.45) is 3.21. The van der Waals surface area contributed by atoms with E-state index in [9.17, 15) is 4.79 Å². The minimum Gasteiger partial charge on any atom is -0.491 e. The first-order valence-electron chi connectivity index (χ1n) is 7.96. The second-order valence-corrected chi connectivity index (χ2v) is 5.62. The number of ether oxygens (including phenoxy) is 1. The van der Waals surface area contributed by atoms with E-state index in [2.05, 4.69) is 28.8 Å². The number of halogens is 1. The van der Waals surface area contributed by atoms with E-state index in [-0.39, 0.29) is 24.4 Å². The molecule has 124 valence electrons. The van der Waals surface area contributed by atoms with E-state index >= 15 is 0 Å². The molecular weight excluding hydrogens is 312 g/mol. The summed E-state index contributed by atoms with van der Waals surface area (Å²) in [7, 11) is 0. The highest BCUT2D eigenvalue weighted by atomic mass is 35.5. The highest BCUT2D eigenvalue weighted by Crippen LogP contribution is 2.24. The molecule has 0 bridgehead atoms. The molecule has 3 rings (SSSR count). The van der Waals surface area contributed by atoms with E-state index in [0.717, 1.165) is 42.3 Å². The SMILES string of the molecule is Cl.O=C(NCCOc1cccc2ccccc12)C1CCCCN1. The first kappa shape index (κ1) is 17.6. The number of carbonyl (C=O) groups excluding carboxylic acids is 1. The fourth-order valence-corrected chi connectivity index (χ4v) is 2.86. The van der Waals surface area contributed by atoms with Crippen molar-refractivity contribution in [2.45, 2.75) is 25.3 Å². The maximum atomic E-state index is 12.0. The Balaban J connectivity index is 0.00000192. The van der Waals surface area contributed by atoms with Crippen molar-refractivity contribution in [3.8, 4) is 5.75 Å². The van der Waals surface area contributed by atoms with Crippen LogP contribution in [0.4, 0.5) is 0 Å². The summed E-state index contributed by atoms with van der Waals surface area (Å²) >= 11 is 0. The van der Waals surface area contributed by atoms with E-state index in [4.69, 9.17) is 4.74 Å². The van der Waals surface area contributed by atoms with Crippen LogP contribution in [0.25, 0.3) is 10.8 Å². The molecule has 2 aromatic rings. The second-order valence-electron chi connectivity index (χ2n) is 5.62. The summed E-state index contributed by atoms with van der Waals surface area (Å²) in [5.41, 5.74) is 0. The maximum Gasteiger partial charge on any atom is 0.237 e. The van der Waals surface area contributed by atoms with E-state index < -0.39 is 0 Å². The quantitative estimate of drug-likeness (QED) is 0.827. The van der Waals surface area contributed by atoms with E-state index in [1.165, 1.54) is 0 Å². The third-order valence-electron chi connectivity index (χ3n) is 4.04. The van der Waals surface area contributed by atoms with Crippen molar-refractivity contribution in [1.29, 1.82) is 0 Å². The standard InChI is InChI=1S/C18H22N2O2.ClH/c21-18(16-9-3-4-11-19-16)20-12-13-22-17-10-5-7-14-6-1-2-8-15(14)17;/h1-2,5-8,10,16,19H,3-4,9,11-13H2,(H,20,21);1H. The van der Waals surface area contributed by atoms with Crippen molar-refractivity contribution in [3.63, 3.8) is 0 Å². The van der Waals surface area contributed by atoms with Crippen molar-refractivity contribution >= 4 is 29.1 Å². The van der Waals surface area contributed by atoms with Gasteiger partial charge in [-0.05, 0) is 30.8 Å². The smallest absolute Gasteiger partial charge is 0.237 e. The van der Waals surface area contributed by atoms with Gasteiger partial charge in [-0.15, -0.1) is 12.4 Å². The fourth-order valence-electron chi connectivity index (χ4n) is 2.86. The minimum atomic E-state index is -0.0358. The Kier molecular flexibility index (Phi) is 6.68. The van der Waals surface area contributed by atoms with Crippen molar-refractivity contribution in [1.82, 2.24) is 10.6 Å². The summed E-state index contributed by atoms with van der Waals surface area (Å²) in [4.78, 5) is 12.0. The zero-order chi connectivity index (χ0) is 15.2. The molecule has 2 N–H and O–H groups in total. The molecule has 1 amide bonds. The lowest BCUT2D eigenvalue weighted by atomic mass is 10.0. The van der Waals surface area contributed by atoms with Crippen molar-refractivity contribution in [2.24, 2.45) is 0 Å². The van der Waals surface area contributed by atoms with Crippen LogP contribution in [-0.2, 0) is 4.79 Å². The number of fused-ring (bicyclic) bond motifs is 1. The van der Waals surface area contributed by atoms with E-state index in [1.807, 2.05) is 24.3 Å². The molecule has 2 aromatic carbocycles. The highest BCUT2D eigenvalue weighted by Gasteiger charge is 2.19. The molecule has 1 heterocycles. The van der Waals surface area contributed by atoms with Crippen LogP contribution in [0.3, 0.4) is 0 Å². The van der Waals surface area contributed by atoms with Crippen molar-refractivity contribution in [3.05, 3.63) is 42.5 Å². The van der Waals surface area contributed by atoms with Gasteiger partial charge in [-0.3, -0.25) is 4.79 Å². The molecule has 1 saturated heterocycles. The lowest BCUT2D eigenvalue weighted by molar-refractivity contribution is -0.123. The van der Waals surface area contributed by atoms with Gasteiger partial charge in [0.25, 0.3) is 0 Å². The number of hydrogen-bond acceptors (Lipinski definition) is 3. The van der Waals surface area contributed by atoms with Gasteiger partial charge in [-0.1, -0.05) is 42.8 Å². The normalized spacial score (nSPS) is 17.3. The van der Waals surface area contributed by atoms with Crippen LogP contribution in [0.5, 0.6) is 5.75 Å². The van der Waals surface area contributed by atoms with Gasteiger partial charge in [0.2, 0.25) is 5.91 Å².